The van der Waals surface area contributed by atoms with Gasteiger partial charge >= 0.3 is 6.09 Å². The van der Waals surface area contributed by atoms with Gasteiger partial charge in [0.05, 0.1) is 7.11 Å². The van der Waals surface area contributed by atoms with E-state index in [9.17, 15) is 14.7 Å². The summed E-state index contributed by atoms with van der Waals surface area (Å²) in [6.07, 6.45) is -0.531. The van der Waals surface area contributed by atoms with Gasteiger partial charge in [-0.05, 0) is 49.4 Å². The molecule has 0 aliphatic carbocycles. The van der Waals surface area contributed by atoms with E-state index in [2.05, 4.69) is 5.32 Å². The second-order valence-electron chi connectivity index (χ2n) is 7.48. The number of ether oxygens (including phenoxy) is 3. The van der Waals surface area contributed by atoms with Crippen molar-refractivity contribution in [1.82, 2.24) is 5.48 Å². The molecule has 4 N–H and O–H groups in total. The van der Waals surface area contributed by atoms with Gasteiger partial charge in [-0.15, -0.1) is 0 Å². The molecule has 0 aliphatic rings. The van der Waals surface area contributed by atoms with Crippen molar-refractivity contribution in [1.29, 1.82) is 0 Å². The predicted octanol–water partition coefficient (Wildman–Crippen LogP) is 4.51. The third kappa shape index (κ3) is 7.24. The average molecular weight is 479 g/mol. The maximum absolute atomic E-state index is 12.8. The number of hydrogen-bond acceptors (Lipinski definition) is 7. The minimum atomic E-state index is -1.11. The monoisotopic (exact) mass is 478 g/mol. The molecule has 0 heterocycles. The van der Waals surface area contributed by atoms with Crippen LogP contribution in [-0.2, 0) is 9.53 Å². The fourth-order valence-corrected chi connectivity index (χ4v) is 3.19. The van der Waals surface area contributed by atoms with Crippen LogP contribution in [0.3, 0.4) is 0 Å². The topological polar surface area (TPSA) is 126 Å². The van der Waals surface area contributed by atoms with Gasteiger partial charge in [0.1, 0.15) is 5.75 Å². The molecule has 9 heteroatoms. The van der Waals surface area contributed by atoms with Gasteiger partial charge in [0.25, 0.3) is 5.91 Å². The number of hydrogen-bond donors (Lipinski definition) is 4. The number of carbonyl (C=O) groups excluding carboxylic acids is 2. The Morgan fingerprint density at radius 1 is 1.00 bits per heavy atom. The van der Waals surface area contributed by atoms with Crippen LogP contribution in [0, 0.1) is 6.92 Å². The molecule has 182 valence electrons. The van der Waals surface area contributed by atoms with E-state index >= 15 is 0 Å². The zero-order chi connectivity index (χ0) is 25.2. The number of nitrogens with one attached hydrogen (secondary N) is 2. The second kappa shape index (κ2) is 12.1. The van der Waals surface area contributed by atoms with Crippen molar-refractivity contribution < 1.29 is 34.1 Å². The molecule has 0 bridgehead atoms. The summed E-state index contributed by atoms with van der Waals surface area (Å²) < 4.78 is 16.9. The lowest BCUT2D eigenvalue weighted by Crippen LogP contribution is -2.30. The summed E-state index contributed by atoms with van der Waals surface area (Å²) in [7, 11) is 1.41. The van der Waals surface area contributed by atoms with E-state index in [0.717, 1.165) is 11.6 Å². The highest BCUT2D eigenvalue weighted by Crippen LogP contribution is 2.33. The van der Waals surface area contributed by atoms with Crippen LogP contribution in [0.2, 0.25) is 0 Å². The predicted molar refractivity (Wildman–Crippen MR) is 129 cm³/mol. The van der Waals surface area contributed by atoms with E-state index in [1.807, 2.05) is 19.1 Å². The van der Waals surface area contributed by atoms with Crippen LogP contribution in [0.4, 0.5) is 10.5 Å². The maximum atomic E-state index is 12.8. The normalized spacial score (nSPS) is 12.4. The lowest BCUT2D eigenvalue weighted by molar-refractivity contribution is -0.124. The minimum Gasteiger partial charge on any atom is -0.504 e. The highest BCUT2D eigenvalue weighted by molar-refractivity contribution is 5.86. The number of methoxy groups -OCH3 is 1. The van der Waals surface area contributed by atoms with Crippen LogP contribution in [0.25, 0.3) is 0 Å². The molecule has 0 unspecified atom stereocenters. The molecule has 0 spiro atoms. The zero-order valence-corrected chi connectivity index (χ0v) is 19.2. The van der Waals surface area contributed by atoms with Crippen molar-refractivity contribution in [2.45, 2.75) is 19.1 Å². The summed E-state index contributed by atoms with van der Waals surface area (Å²) >= 11 is 0. The van der Waals surface area contributed by atoms with Crippen molar-refractivity contribution in [3.63, 3.8) is 0 Å². The average Bonchev–Trinajstić information content (AvgIpc) is 2.87. The van der Waals surface area contributed by atoms with Gasteiger partial charge in [-0.1, -0.05) is 42.0 Å². The number of amides is 2. The molecule has 2 atom stereocenters. The maximum Gasteiger partial charge on any atom is 0.412 e. The van der Waals surface area contributed by atoms with Crippen LogP contribution in [0.1, 0.15) is 17.2 Å². The molecular formula is C26H26N2O7. The van der Waals surface area contributed by atoms with Crippen LogP contribution in [-0.4, -0.2) is 35.5 Å². The molecule has 35 heavy (non-hydrogen) atoms. The standard InChI is InChI=1S/C26H26N2O7/c1-17-8-11-19(12-9-17)27-26(31)35-25(18-10-13-22(33-2)21(29)16-18)23(14-15-24(30)28-32)34-20-6-4-3-5-7-20/h3-16,23,25,29,32H,1-2H3,(H,27,31)(H,28,30)/b15-14+/t23-,25-/m1/s1. The quantitative estimate of drug-likeness (QED) is 0.203. The van der Waals surface area contributed by atoms with Crippen molar-refractivity contribution >= 4 is 17.7 Å². The number of aromatic hydroxyl groups is 1. The number of para-hydroxylation sites is 1. The Labute approximate surface area is 202 Å². The molecule has 0 fully saturated rings. The molecule has 0 aliphatic heterocycles. The van der Waals surface area contributed by atoms with Gasteiger partial charge in [0, 0.05) is 17.3 Å². The third-order valence-electron chi connectivity index (χ3n) is 4.92. The lowest BCUT2D eigenvalue weighted by atomic mass is 10.0. The Hall–Kier alpha value is -4.50. The third-order valence-corrected chi connectivity index (χ3v) is 4.92. The van der Waals surface area contributed by atoms with Crippen LogP contribution in [0.5, 0.6) is 17.2 Å². The van der Waals surface area contributed by atoms with Gasteiger partial charge in [-0.25, -0.2) is 10.3 Å². The molecule has 0 aromatic heterocycles. The molecular weight excluding hydrogens is 452 g/mol. The molecule has 9 nitrogen and oxygen atoms in total. The van der Waals surface area contributed by atoms with Gasteiger partial charge in [0.2, 0.25) is 0 Å². The molecule has 0 radical (unpaired) electrons. The van der Waals surface area contributed by atoms with E-state index in [4.69, 9.17) is 19.4 Å². The van der Waals surface area contributed by atoms with E-state index in [-0.39, 0.29) is 11.5 Å². The summed E-state index contributed by atoms with van der Waals surface area (Å²) in [6.45, 7) is 1.93. The Balaban J connectivity index is 1.97. The largest absolute Gasteiger partial charge is 0.504 e. The number of rotatable bonds is 9. The first-order valence-corrected chi connectivity index (χ1v) is 10.6. The van der Waals surface area contributed by atoms with Crippen LogP contribution in [0.15, 0.2) is 84.9 Å². The van der Waals surface area contributed by atoms with Crippen molar-refractivity contribution in [2.75, 3.05) is 12.4 Å². The van der Waals surface area contributed by atoms with E-state index in [0.29, 0.717) is 17.0 Å². The van der Waals surface area contributed by atoms with Gasteiger partial charge in [-0.2, -0.15) is 0 Å². The Morgan fingerprint density at radius 2 is 1.71 bits per heavy atom. The fourth-order valence-electron chi connectivity index (χ4n) is 3.19. The second-order valence-corrected chi connectivity index (χ2v) is 7.48. The number of aryl methyl sites for hydroxylation is 1. The van der Waals surface area contributed by atoms with E-state index in [1.54, 1.807) is 48.5 Å². The van der Waals surface area contributed by atoms with Crippen molar-refractivity contribution in [3.05, 3.63) is 96.1 Å². The Morgan fingerprint density at radius 3 is 2.34 bits per heavy atom. The Kier molecular flexibility index (Phi) is 8.69. The number of phenols is 1. The molecule has 0 saturated carbocycles. The summed E-state index contributed by atoms with van der Waals surface area (Å²) in [6, 6.07) is 20.4. The first kappa shape index (κ1) is 25.1. The smallest absolute Gasteiger partial charge is 0.412 e. The first-order chi connectivity index (χ1) is 16.9. The SMILES string of the molecule is COc1ccc([C@@H](OC(=O)Nc2ccc(C)cc2)[C@@H](/C=C/C(=O)NO)Oc2ccccc2)cc1O. The van der Waals surface area contributed by atoms with Crippen molar-refractivity contribution in [3.8, 4) is 17.2 Å². The summed E-state index contributed by atoms with van der Waals surface area (Å²) in [4.78, 5) is 24.5. The Bertz CT molecular complexity index is 1160. The number of carbonyl (C=O) groups is 2. The molecule has 3 aromatic carbocycles. The number of benzene rings is 3. The molecule has 3 aromatic rings. The van der Waals surface area contributed by atoms with E-state index in [1.165, 1.54) is 30.8 Å². The summed E-state index contributed by atoms with van der Waals surface area (Å²) in [5, 5.41) is 21.9. The molecule has 3 rings (SSSR count). The van der Waals surface area contributed by atoms with Gasteiger partial charge in [-0.3, -0.25) is 15.3 Å². The van der Waals surface area contributed by atoms with Gasteiger partial charge in [0.15, 0.2) is 23.7 Å². The lowest BCUT2D eigenvalue weighted by Gasteiger charge is -2.26. The number of anilines is 1. The molecule has 0 saturated heterocycles. The van der Waals surface area contributed by atoms with E-state index < -0.39 is 24.2 Å². The number of hydroxylamine groups is 1. The highest BCUT2D eigenvalue weighted by Gasteiger charge is 2.29. The van der Waals surface area contributed by atoms with Crippen LogP contribution >= 0.6 is 0 Å². The first-order valence-electron chi connectivity index (χ1n) is 10.6. The summed E-state index contributed by atoms with van der Waals surface area (Å²) in [5.74, 6) is -0.302. The fraction of sp³-hybridized carbons (Fsp3) is 0.154. The highest BCUT2D eigenvalue weighted by atomic mass is 16.6. The van der Waals surface area contributed by atoms with Crippen LogP contribution < -0.4 is 20.3 Å². The summed E-state index contributed by atoms with van der Waals surface area (Å²) in [5.41, 5.74) is 3.43. The zero-order valence-electron chi connectivity index (χ0n) is 19.2. The van der Waals surface area contributed by atoms with Crippen molar-refractivity contribution in [2.24, 2.45) is 0 Å². The van der Waals surface area contributed by atoms with Gasteiger partial charge < -0.3 is 19.3 Å². The number of phenolic OH excluding ortho intramolecular Hbond substituents is 1. The minimum absolute atomic E-state index is 0.173. The molecule has 2 amide bonds.